The maximum absolute atomic E-state index is 11.0. The first-order valence-electron chi connectivity index (χ1n) is 8.26. The minimum Gasteiger partial charge on any atom is -0.469 e. The summed E-state index contributed by atoms with van der Waals surface area (Å²) in [6.45, 7) is 5.02. The Hall–Kier alpha value is -2.04. The van der Waals surface area contributed by atoms with Gasteiger partial charge in [0.25, 0.3) is 0 Å². The Morgan fingerprint density at radius 3 is 2.70 bits per heavy atom. The van der Waals surface area contributed by atoms with E-state index in [1.165, 1.54) is 12.7 Å². The van der Waals surface area contributed by atoms with Gasteiger partial charge in [-0.05, 0) is 36.5 Å². The first-order chi connectivity index (χ1) is 11.0. The summed E-state index contributed by atoms with van der Waals surface area (Å²) in [5.74, 6) is 0.792. The molecule has 3 N–H and O–H groups in total. The molecule has 1 rings (SSSR count). The highest BCUT2D eigenvalue weighted by Crippen LogP contribution is 2.18. The van der Waals surface area contributed by atoms with Crippen molar-refractivity contribution in [2.45, 2.75) is 51.9 Å². The van der Waals surface area contributed by atoms with Gasteiger partial charge in [0.1, 0.15) is 0 Å². The number of rotatable bonds is 9. The first kappa shape index (κ1) is 19.0. The van der Waals surface area contributed by atoms with E-state index in [-0.39, 0.29) is 5.97 Å². The molecule has 5 nitrogen and oxygen atoms in total. The molecule has 23 heavy (non-hydrogen) atoms. The van der Waals surface area contributed by atoms with Crippen LogP contribution in [-0.2, 0) is 9.53 Å². The minimum absolute atomic E-state index is 0.139. The summed E-state index contributed by atoms with van der Waals surface area (Å²) in [4.78, 5) is 15.3. The second-order valence-electron chi connectivity index (χ2n) is 5.91. The summed E-state index contributed by atoms with van der Waals surface area (Å²) >= 11 is 0. The third kappa shape index (κ3) is 8.24. The molecule has 1 aromatic rings. The molecule has 0 aliphatic heterocycles. The van der Waals surface area contributed by atoms with Gasteiger partial charge in [-0.15, -0.1) is 0 Å². The maximum Gasteiger partial charge on any atom is 0.305 e. The van der Waals surface area contributed by atoms with Crippen molar-refractivity contribution in [3.8, 4) is 0 Å². The van der Waals surface area contributed by atoms with Gasteiger partial charge < -0.3 is 15.8 Å². The summed E-state index contributed by atoms with van der Waals surface area (Å²) in [6, 6.07) is 8.21. The molecule has 0 fully saturated rings. The van der Waals surface area contributed by atoms with Crippen molar-refractivity contribution >= 4 is 17.6 Å². The van der Waals surface area contributed by atoms with E-state index in [0.29, 0.717) is 24.8 Å². The average Bonchev–Trinajstić information content (AvgIpc) is 2.53. The molecule has 5 heteroatoms. The number of hydrogen-bond acceptors (Lipinski definition) is 3. The van der Waals surface area contributed by atoms with Crippen LogP contribution in [0.15, 0.2) is 29.3 Å². The van der Waals surface area contributed by atoms with Crippen LogP contribution in [0.1, 0.15) is 57.4 Å². The minimum atomic E-state index is -0.139. The van der Waals surface area contributed by atoms with Crippen molar-refractivity contribution in [3.63, 3.8) is 0 Å². The van der Waals surface area contributed by atoms with Crippen molar-refractivity contribution < 1.29 is 9.53 Å². The van der Waals surface area contributed by atoms with Crippen molar-refractivity contribution in [1.29, 1.82) is 0 Å². The van der Waals surface area contributed by atoms with Crippen LogP contribution in [0.25, 0.3) is 0 Å². The highest BCUT2D eigenvalue weighted by molar-refractivity contribution is 5.92. The predicted octanol–water partition coefficient (Wildman–Crippen LogP) is 3.66. The smallest absolute Gasteiger partial charge is 0.305 e. The largest absolute Gasteiger partial charge is 0.469 e. The first-order valence-corrected chi connectivity index (χ1v) is 8.26. The number of nitrogens with two attached hydrogens (primary N) is 1. The maximum atomic E-state index is 11.0. The summed E-state index contributed by atoms with van der Waals surface area (Å²) < 4.78 is 4.60. The fourth-order valence-electron chi connectivity index (χ4n) is 2.20. The van der Waals surface area contributed by atoms with E-state index < -0.39 is 0 Å². The number of unbranched alkanes of at least 4 members (excludes halogenated alkanes) is 3. The van der Waals surface area contributed by atoms with Crippen molar-refractivity contribution in [2.24, 2.45) is 10.7 Å². The second-order valence-corrected chi connectivity index (χ2v) is 5.91. The van der Waals surface area contributed by atoms with Gasteiger partial charge in [0, 0.05) is 18.7 Å². The molecule has 0 spiro atoms. The van der Waals surface area contributed by atoms with E-state index in [1.54, 1.807) is 0 Å². The zero-order valence-electron chi connectivity index (χ0n) is 14.5. The SMILES string of the molecule is COC(=O)CCCCCCN=C(N)Nc1cccc(C(C)C)c1. The highest BCUT2D eigenvalue weighted by Gasteiger charge is 2.01. The van der Waals surface area contributed by atoms with Gasteiger partial charge in [0.05, 0.1) is 7.11 Å². The predicted molar refractivity (Wildman–Crippen MR) is 95.7 cm³/mol. The Bertz CT molecular complexity index is 513. The molecule has 0 atom stereocenters. The number of methoxy groups -OCH3 is 1. The molecule has 0 heterocycles. The van der Waals surface area contributed by atoms with Crippen LogP contribution in [0.2, 0.25) is 0 Å². The molecule has 0 saturated heterocycles. The van der Waals surface area contributed by atoms with Gasteiger partial charge in [0.2, 0.25) is 0 Å². The van der Waals surface area contributed by atoms with Crippen LogP contribution in [-0.4, -0.2) is 25.6 Å². The molecular weight excluding hydrogens is 290 g/mol. The fraction of sp³-hybridized carbons (Fsp3) is 0.556. The Kier molecular flexibility index (Phi) is 8.80. The lowest BCUT2D eigenvalue weighted by Gasteiger charge is -2.10. The summed E-state index contributed by atoms with van der Waals surface area (Å²) in [5, 5.41) is 3.13. The number of guanidine groups is 1. The van der Waals surface area contributed by atoms with E-state index in [1.807, 2.05) is 12.1 Å². The molecule has 0 amide bonds. The van der Waals surface area contributed by atoms with E-state index in [2.05, 4.69) is 41.0 Å². The second kappa shape index (κ2) is 10.6. The van der Waals surface area contributed by atoms with Crippen LogP contribution in [0.3, 0.4) is 0 Å². The topological polar surface area (TPSA) is 76.7 Å². The molecule has 0 aromatic heterocycles. The number of carbonyl (C=O) groups excluding carboxylic acids is 1. The normalized spacial score (nSPS) is 11.6. The number of hydrogen-bond donors (Lipinski definition) is 2. The number of benzene rings is 1. The van der Waals surface area contributed by atoms with Crippen LogP contribution >= 0.6 is 0 Å². The van der Waals surface area contributed by atoms with Crippen LogP contribution in [0.4, 0.5) is 5.69 Å². The van der Waals surface area contributed by atoms with Crippen molar-refractivity contribution in [1.82, 2.24) is 0 Å². The third-order valence-electron chi connectivity index (χ3n) is 3.62. The van der Waals surface area contributed by atoms with Gasteiger partial charge >= 0.3 is 5.97 Å². The summed E-state index contributed by atoms with van der Waals surface area (Å²) in [6.07, 6.45) is 4.38. The molecule has 0 radical (unpaired) electrons. The average molecular weight is 319 g/mol. The Balaban J connectivity index is 2.24. The van der Waals surface area contributed by atoms with E-state index in [9.17, 15) is 4.79 Å². The van der Waals surface area contributed by atoms with E-state index in [4.69, 9.17) is 5.73 Å². The van der Waals surface area contributed by atoms with Crippen LogP contribution in [0.5, 0.6) is 0 Å². The standard InChI is InChI=1S/C18H29N3O2/c1-14(2)15-9-8-10-16(13-15)21-18(19)20-12-7-5-4-6-11-17(22)23-3/h8-10,13-14H,4-7,11-12H2,1-3H3,(H3,19,20,21). The summed E-state index contributed by atoms with van der Waals surface area (Å²) in [7, 11) is 1.42. The zero-order chi connectivity index (χ0) is 17.1. The van der Waals surface area contributed by atoms with Gasteiger partial charge in [-0.1, -0.05) is 38.8 Å². The lowest BCUT2D eigenvalue weighted by atomic mass is 10.0. The van der Waals surface area contributed by atoms with Gasteiger partial charge in [-0.2, -0.15) is 0 Å². The third-order valence-corrected chi connectivity index (χ3v) is 3.62. The molecule has 0 unspecified atom stereocenters. The van der Waals surface area contributed by atoms with Crippen LogP contribution in [0, 0.1) is 0 Å². The lowest BCUT2D eigenvalue weighted by molar-refractivity contribution is -0.140. The highest BCUT2D eigenvalue weighted by atomic mass is 16.5. The summed E-state index contributed by atoms with van der Waals surface area (Å²) in [5.41, 5.74) is 8.15. The number of ether oxygens (including phenoxy) is 1. The quantitative estimate of drug-likeness (QED) is 0.315. The molecule has 128 valence electrons. The van der Waals surface area contributed by atoms with Gasteiger partial charge in [-0.3, -0.25) is 9.79 Å². The number of aliphatic imine (C=N–C) groups is 1. The monoisotopic (exact) mass is 319 g/mol. The van der Waals surface area contributed by atoms with E-state index in [0.717, 1.165) is 31.4 Å². The number of carbonyl (C=O) groups is 1. The molecule has 0 bridgehead atoms. The van der Waals surface area contributed by atoms with Crippen LogP contribution < -0.4 is 11.1 Å². The van der Waals surface area contributed by atoms with Crippen molar-refractivity contribution in [2.75, 3.05) is 19.0 Å². The molecular formula is C18H29N3O2. The zero-order valence-corrected chi connectivity index (χ0v) is 14.5. The molecule has 1 aromatic carbocycles. The fourth-order valence-corrected chi connectivity index (χ4v) is 2.20. The Labute approximate surface area is 139 Å². The number of anilines is 1. The molecule has 0 aliphatic carbocycles. The Morgan fingerprint density at radius 1 is 1.26 bits per heavy atom. The van der Waals surface area contributed by atoms with Crippen molar-refractivity contribution in [3.05, 3.63) is 29.8 Å². The number of nitrogens with one attached hydrogen (secondary N) is 1. The molecule has 0 saturated carbocycles. The molecule has 0 aliphatic rings. The van der Waals surface area contributed by atoms with Gasteiger partial charge in [-0.25, -0.2) is 0 Å². The number of esters is 1. The number of nitrogens with zero attached hydrogens (tertiary/aromatic N) is 1. The Morgan fingerprint density at radius 2 is 2.00 bits per heavy atom. The van der Waals surface area contributed by atoms with E-state index >= 15 is 0 Å². The lowest BCUT2D eigenvalue weighted by Crippen LogP contribution is -2.22. The van der Waals surface area contributed by atoms with Gasteiger partial charge in [0.15, 0.2) is 5.96 Å².